The predicted molar refractivity (Wildman–Crippen MR) is 159 cm³/mol. The number of nitrogens with one attached hydrogen (secondary N) is 2. The van der Waals surface area contributed by atoms with Gasteiger partial charge in [-0.3, -0.25) is 9.78 Å². The van der Waals surface area contributed by atoms with Gasteiger partial charge < -0.3 is 26.0 Å². The number of carbonyl (C=O) groups excluding carboxylic acids is 1. The van der Waals surface area contributed by atoms with Crippen LogP contribution < -0.4 is 26.0 Å². The van der Waals surface area contributed by atoms with Gasteiger partial charge in [-0.05, 0) is 38.8 Å². The third-order valence-electron chi connectivity index (χ3n) is 7.80. The highest BCUT2D eigenvalue weighted by atomic mass is 35.5. The first-order chi connectivity index (χ1) is 19.0. The number of carbonyl (C=O) groups is 1. The zero-order valence-corrected chi connectivity index (χ0v) is 24.4. The van der Waals surface area contributed by atoms with E-state index in [1.807, 2.05) is 4.68 Å². The van der Waals surface area contributed by atoms with Gasteiger partial charge in [0, 0.05) is 24.8 Å². The fourth-order valence-electron chi connectivity index (χ4n) is 5.71. The maximum atomic E-state index is 13.8. The number of ether oxygens (including phenoxy) is 1. The van der Waals surface area contributed by atoms with Crippen LogP contribution in [0.5, 0.6) is 5.75 Å². The van der Waals surface area contributed by atoms with Gasteiger partial charge in [-0.25, -0.2) is 4.68 Å². The largest absolute Gasteiger partial charge is 0.488 e. The Balaban J connectivity index is 1.57. The van der Waals surface area contributed by atoms with Crippen LogP contribution in [-0.2, 0) is 6.54 Å². The van der Waals surface area contributed by atoms with E-state index in [1.165, 1.54) is 25.7 Å². The normalized spacial score (nSPS) is 18.5. The second-order valence-corrected chi connectivity index (χ2v) is 11.5. The number of aromatic nitrogens is 3. The van der Waals surface area contributed by atoms with Gasteiger partial charge in [0.2, 0.25) is 0 Å². The molecule has 2 aromatic heterocycles. The number of halogens is 1. The molecule has 2 aliphatic heterocycles. The molecule has 1 amide bonds. The van der Waals surface area contributed by atoms with Gasteiger partial charge >= 0.3 is 0 Å². The van der Waals surface area contributed by atoms with Crippen molar-refractivity contribution in [3.05, 3.63) is 24.0 Å². The summed E-state index contributed by atoms with van der Waals surface area (Å²) in [4.78, 5) is 20.4. The second kappa shape index (κ2) is 14.7. The molecule has 4 rings (SSSR count). The van der Waals surface area contributed by atoms with Gasteiger partial charge in [-0.2, -0.15) is 5.10 Å². The first-order valence-corrected chi connectivity index (χ1v) is 15.3. The molecule has 4 heterocycles. The summed E-state index contributed by atoms with van der Waals surface area (Å²) in [5, 5.41) is 10.9. The molecule has 2 atom stereocenters. The monoisotopic (exact) mass is 559 g/mol. The Morgan fingerprint density at radius 3 is 2.67 bits per heavy atom. The molecule has 10 heteroatoms. The van der Waals surface area contributed by atoms with Crippen LogP contribution in [0.4, 0.5) is 17.3 Å². The van der Waals surface area contributed by atoms with Crippen molar-refractivity contribution in [3.63, 3.8) is 0 Å². The lowest BCUT2D eigenvalue weighted by Crippen LogP contribution is -2.46. The molecular weight excluding hydrogens is 514 g/mol. The van der Waals surface area contributed by atoms with E-state index in [0.29, 0.717) is 30.1 Å². The minimum atomic E-state index is -0.299. The Bertz CT molecular complexity index is 1060. The average Bonchev–Trinajstić information content (AvgIpc) is 3.27. The summed E-state index contributed by atoms with van der Waals surface area (Å²) in [5.41, 5.74) is 7.35. The topological polar surface area (TPSA) is 110 Å². The number of nitrogen functional groups attached to an aromatic ring is 1. The summed E-state index contributed by atoms with van der Waals surface area (Å²) < 4.78 is 8.09. The highest BCUT2D eigenvalue weighted by Gasteiger charge is 2.35. The van der Waals surface area contributed by atoms with Crippen LogP contribution in [0.3, 0.4) is 0 Å². The Morgan fingerprint density at radius 1 is 1.15 bits per heavy atom. The van der Waals surface area contributed by atoms with Crippen LogP contribution >= 0.6 is 11.6 Å². The third kappa shape index (κ3) is 7.78. The molecule has 0 saturated carbocycles. The minimum absolute atomic E-state index is 0.0970. The number of piperidine rings is 1. The third-order valence-corrected chi connectivity index (χ3v) is 8.08. The molecule has 1 fully saturated rings. The van der Waals surface area contributed by atoms with Crippen LogP contribution in [0.2, 0.25) is 0 Å². The Morgan fingerprint density at radius 2 is 1.90 bits per heavy atom. The van der Waals surface area contributed by atoms with Crippen molar-refractivity contribution in [2.75, 3.05) is 35.6 Å². The number of hydrogen-bond donors (Lipinski definition) is 3. The molecule has 2 unspecified atom stereocenters. The molecule has 2 aromatic rings. The average molecular weight is 560 g/mol. The number of nitrogens with two attached hydrogens (primary N) is 1. The number of pyridine rings is 1. The van der Waals surface area contributed by atoms with Gasteiger partial charge in [-0.15, -0.1) is 11.6 Å². The van der Waals surface area contributed by atoms with Gasteiger partial charge in [0.1, 0.15) is 28.9 Å². The summed E-state index contributed by atoms with van der Waals surface area (Å²) in [6.07, 6.45) is 15.8. The van der Waals surface area contributed by atoms with E-state index in [-0.39, 0.29) is 29.2 Å². The van der Waals surface area contributed by atoms with Crippen molar-refractivity contribution < 1.29 is 9.53 Å². The molecule has 0 aromatic carbocycles. The minimum Gasteiger partial charge on any atom is -0.488 e. The number of alkyl halides is 1. The van der Waals surface area contributed by atoms with E-state index < -0.39 is 0 Å². The molecule has 9 nitrogen and oxygen atoms in total. The van der Waals surface area contributed by atoms with Crippen LogP contribution in [-0.4, -0.2) is 57.8 Å². The molecule has 39 heavy (non-hydrogen) atoms. The van der Waals surface area contributed by atoms with Gasteiger partial charge in [-0.1, -0.05) is 58.8 Å². The van der Waals surface area contributed by atoms with E-state index in [2.05, 4.69) is 39.5 Å². The molecule has 2 aliphatic rings. The molecule has 0 aliphatic carbocycles. The van der Waals surface area contributed by atoms with E-state index in [4.69, 9.17) is 22.1 Å². The zero-order chi connectivity index (χ0) is 27.6. The first kappa shape index (κ1) is 29.5. The Labute approximate surface area is 238 Å². The quantitative estimate of drug-likeness (QED) is 0.204. The number of amides is 1. The zero-order valence-electron chi connectivity index (χ0n) is 23.6. The predicted octanol–water partition coefficient (Wildman–Crippen LogP) is 5.59. The lowest BCUT2D eigenvalue weighted by molar-refractivity contribution is 0.102. The fourth-order valence-corrected chi connectivity index (χ4v) is 5.99. The van der Waals surface area contributed by atoms with Crippen molar-refractivity contribution in [3.8, 4) is 5.75 Å². The lowest BCUT2D eigenvalue weighted by atomic mass is 9.99. The number of fused-ring (bicyclic) bond motifs is 1. The van der Waals surface area contributed by atoms with Crippen LogP contribution in [0, 0.1) is 0 Å². The summed E-state index contributed by atoms with van der Waals surface area (Å²) in [6, 6.07) is 2.09. The Hall–Kier alpha value is -2.52. The number of nitrogens with zero attached hydrogens (tertiary/aromatic N) is 4. The maximum Gasteiger partial charge on any atom is 0.263 e. The van der Waals surface area contributed by atoms with Crippen molar-refractivity contribution in [1.29, 1.82) is 0 Å². The van der Waals surface area contributed by atoms with Crippen molar-refractivity contribution >= 4 is 34.8 Å². The molecule has 1 saturated heterocycles. The number of unbranched alkanes of at least 4 members (excludes halogenated alkanes) is 5. The Kier molecular flexibility index (Phi) is 11.1. The van der Waals surface area contributed by atoms with E-state index in [1.54, 1.807) is 18.5 Å². The van der Waals surface area contributed by atoms with E-state index in [9.17, 15) is 4.79 Å². The van der Waals surface area contributed by atoms with Gasteiger partial charge in [0.15, 0.2) is 5.82 Å². The summed E-state index contributed by atoms with van der Waals surface area (Å²) in [6.45, 7) is 7.51. The molecule has 0 radical (unpaired) electrons. The molecular formula is C29H46ClN7O2. The van der Waals surface area contributed by atoms with Crippen LogP contribution in [0.25, 0.3) is 0 Å². The van der Waals surface area contributed by atoms with Crippen molar-refractivity contribution in [2.24, 2.45) is 0 Å². The van der Waals surface area contributed by atoms with Crippen molar-refractivity contribution in [1.82, 2.24) is 20.1 Å². The summed E-state index contributed by atoms with van der Waals surface area (Å²) in [5.74, 6) is 1.32. The van der Waals surface area contributed by atoms with Gasteiger partial charge in [0.25, 0.3) is 5.91 Å². The van der Waals surface area contributed by atoms with Gasteiger partial charge in [0.05, 0.1) is 18.1 Å². The number of anilines is 3. The molecule has 4 N–H and O–H groups in total. The summed E-state index contributed by atoms with van der Waals surface area (Å²) in [7, 11) is 0. The first-order valence-electron chi connectivity index (χ1n) is 14.9. The van der Waals surface area contributed by atoms with Crippen molar-refractivity contribution in [2.45, 2.75) is 109 Å². The standard InChI is InChI=1S/C29H46ClN7O2/c1-3-5-7-8-9-11-22(10-6-4-2)36-19-21(30)20-37-29(36)26(27(31)35-37)28(38)34-24-18-33-17-14-25(24)39-23-12-15-32-16-13-23/h14,17-18,21-23,32H,3-13,15-16,19-20H2,1-2H3,(H2,31,35)(H,34,38). The van der Waals surface area contributed by atoms with E-state index >= 15 is 0 Å². The summed E-state index contributed by atoms with van der Waals surface area (Å²) >= 11 is 6.73. The maximum absolute atomic E-state index is 13.8. The highest BCUT2D eigenvalue weighted by molar-refractivity contribution is 6.21. The van der Waals surface area contributed by atoms with Crippen LogP contribution in [0.15, 0.2) is 18.5 Å². The molecule has 216 valence electrons. The molecule has 0 bridgehead atoms. The number of rotatable bonds is 14. The second-order valence-electron chi connectivity index (χ2n) is 10.9. The lowest BCUT2D eigenvalue weighted by Gasteiger charge is -2.39. The fraction of sp³-hybridized carbons (Fsp3) is 0.690. The van der Waals surface area contributed by atoms with Crippen LogP contribution in [0.1, 0.15) is 94.8 Å². The number of hydrogen-bond acceptors (Lipinski definition) is 7. The highest BCUT2D eigenvalue weighted by Crippen LogP contribution is 2.36. The SMILES string of the molecule is CCCCCCCC(CCCC)N1CC(Cl)Cn2nc(N)c(C(=O)Nc3cnccc3OC3CCNCC3)c21. The van der Waals surface area contributed by atoms with E-state index in [0.717, 1.165) is 63.9 Å². The smallest absolute Gasteiger partial charge is 0.263 e. The molecule has 0 spiro atoms.